The Bertz CT molecular complexity index is 700. The first-order valence-corrected chi connectivity index (χ1v) is 9.23. The summed E-state index contributed by atoms with van der Waals surface area (Å²) >= 11 is 0. The van der Waals surface area contributed by atoms with Crippen LogP contribution in [0, 0.1) is 5.92 Å². The molecular weight excluding hydrogens is 380 g/mol. The standard InChI is InChI=1S/C17H30N8O4/c1-9(2)13(18)15(27)24-11(4-3-5-22-17(19)20)14(26)25-12(16(28)29)6-10-7-21-8-23-10/h7-9,11-13H,3-6,18H2,1-2H3,(H,21,23)(H,24,27)(H,25,26)(H,28,29)(H4,19,20,22)/t11-,12-,13-/m0/s1. The zero-order valence-corrected chi connectivity index (χ0v) is 16.6. The average Bonchev–Trinajstić information content (AvgIpc) is 3.15. The molecule has 0 radical (unpaired) electrons. The number of carboxylic acid groups (broad SMARTS) is 1. The number of H-pyrrole nitrogens is 1. The molecule has 0 bridgehead atoms. The van der Waals surface area contributed by atoms with Crippen molar-refractivity contribution in [2.24, 2.45) is 28.1 Å². The highest BCUT2D eigenvalue weighted by atomic mass is 16.4. The number of carbonyl (C=O) groups is 3. The Morgan fingerprint density at radius 3 is 2.38 bits per heavy atom. The summed E-state index contributed by atoms with van der Waals surface area (Å²) < 4.78 is 0. The number of aliphatic imine (C=N–C) groups is 1. The maximum Gasteiger partial charge on any atom is 0.326 e. The number of carbonyl (C=O) groups excluding carboxylic acids is 2. The third-order valence-electron chi connectivity index (χ3n) is 4.19. The number of carboxylic acids is 1. The molecule has 162 valence electrons. The van der Waals surface area contributed by atoms with E-state index in [2.05, 4.69) is 25.6 Å². The minimum Gasteiger partial charge on any atom is -0.480 e. The van der Waals surface area contributed by atoms with Crippen LogP contribution in [0.1, 0.15) is 32.4 Å². The highest BCUT2D eigenvalue weighted by Gasteiger charge is 2.28. The molecular formula is C17H30N8O4. The summed E-state index contributed by atoms with van der Waals surface area (Å²) in [6.45, 7) is 3.82. The third-order valence-corrected chi connectivity index (χ3v) is 4.19. The minimum absolute atomic E-state index is 0.0151. The van der Waals surface area contributed by atoms with E-state index in [-0.39, 0.29) is 31.3 Å². The van der Waals surface area contributed by atoms with Crippen LogP contribution in [0.3, 0.4) is 0 Å². The van der Waals surface area contributed by atoms with Gasteiger partial charge in [0.2, 0.25) is 11.8 Å². The lowest BCUT2D eigenvalue weighted by molar-refractivity contribution is -0.142. The van der Waals surface area contributed by atoms with E-state index in [1.807, 2.05) is 0 Å². The van der Waals surface area contributed by atoms with E-state index in [9.17, 15) is 19.5 Å². The van der Waals surface area contributed by atoms with Gasteiger partial charge in [-0.25, -0.2) is 9.78 Å². The number of nitrogens with two attached hydrogens (primary N) is 3. The number of hydrogen-bond donors (Lipinski definition) is 7. The number of nitrogens with one attached hydrogen (secondary N) is 3. The van der Waals surface area contributed by atoms with E-state index in [4.69, 9.17) is 17.2 Å². The normalized spacial score (nSPS) is 13.9. The maximum atomic E-state index is 12.7. The molecule has 3 atom stereocenters. The van der Waals surface area contributed by atoms with Crippen molar-refractivity contribution in [2.75, 3.05) is 6.54 Å². The number of aromatic nitrogens is 2. The summed E-state index contributed by atoms with van der Waals surface area (Å²) in [5, 5.41) is 14.5. The molecule has 0 spiro atoms. The van der Waals surface area contributed by atoms with Crippen molar-refractivity contribution in [1.29, 1.82) is 0 Å². The van der Waals surface area contributed by atoms with E-state index < -0.39 is 35.9 Å². The Morgan fingerprint density at radius 2 is 1.86 bits per heavy atom. The second kappa shape index (κ2) is 11.6. The Morgan fingerprint density at radius 1 is 1.21 bits per heavy atom. The van der Waals surface area contributed by atoms with Gasteiger partial charge in [-0.3, -0.25) is 14.6 Å². The SMILES string of the molecule is CC(C)[C@H](N)C(=O)N[C@@H](CCCN=C(N)N)C(=O)N[C@@H](Cc1cnc[nH]1)C(=O)O. The minimum atomic E-state index is -1.21. The van der Waals surface area contributed by atoms with Crippen LogP contribution in [0.5, 0.6) is 0 Å². The largest absolute Gasteiger partial charge is 0.480 e. The molecule has 1 aromatic heterocycles. The summed E-state index contributed by atoms with van der Waals surface area (Å²) in [4.78, 5) is 47.0. The summed E-state index contributed by atoms with van der Waals surface area (Å²) in [5.41, 5.74) is 16.9. The molecule has 1 heterocycles. The molecule has 0 unspecified atom stereocenters. The average molecular weight is 410 g/mol. The fourth-order valence-corrected chi connectivity index (χ4v) is 2.43. The fraction of sp³-hybridized carbons (Fsp3) is 0.588. The van der Waals surface area contributed by atoms with Gasteiger partial charge in [-0.05, 0) is 18.8 Å². The first kappa shape index (κ1) is 23.9. The second-order valence-corrected chi connectivity index (χ2v) is 6.96. The molecule has 0 aromatic carbocycles. The van der Waals surface area contributed by atoms with Crippen molar-refractivity contribution in [3.8, 4) is 0 Å². The summed E-state index contributed by atoms with van der Waals surface area (Å²) in [6.07, 6.45) is 3.50. The number of guanidine groups is 1. The quantitative estimate of drug-likeness (QED) is 0.116. The molecule has 29 heavy (non-hydrogen) atoms. The molecule has 1 aromatic rings. The molecule has 0 aliphatic heterocycles. The Balaban J connectivity index is 2.83. The highest BCUT2D eigenvalue weighted by molar-refractivity contribution is 5.91. The van der Waals surface area contributed by atoms with Crippen molar-refractivity contribution in [1.82, 2.24) is 20.6 Å². The molecule has 12 nitrogen and oxygen atoms in total. The molecule has 0 aliphatic rings. The maximum absolute atomic E-state index is 12.7. The molecule has 1 rings (SSSR count). The Kier molecular flexibility index (Phi) is 9.59. The number of hydrogen-bond acceptors (Lipinski definition) is 6. The van der Waals surface area contributed by atoms with Gasteiger partial charge in [0, 0.05) is 24.9 Å². The topological polar surface area (TPSA) is 215 Å². The van der Waals surface area contributed by atoms with Gasteiger partial charge in [-0.1, -0.05) is 13.8 Å². The molecule has 0 fully saturated rings. The molecule has 12 heteroatoms. The molecule has 0 saturated carbocycles. The molecule has 10 N–H and O–H groups in total. The van der Waals surface area contributed by atoms with Crippen molar-refractivity contribution in [3.05, 3.63) is 18.2 Å². The molecule has 0 aliphatic carbocycles. The van der Waals surface area contributed by atoms with Gasteiger partial charge in [0.1, 0.15) is 12.1 Å². The van der Waals surface area contributed by atoms with Gasteiger partial charge < -0.3 is 37.9 Å². The predicted octanol–water partition coefficient (Wildman–Crippen LogP) is -1.96. The zero-order valence-electron chi connectivity index (χ0n) is 16.6. The lowest BCUT2D eigenvalue weighted by Crippen LogP contribution is -2.55. The number of aliphatic carboxylic acids is 1. The van der Waals surface area contributed by atoms with E-state index in [1.165, 1.54) is 12.5 Å². The van der Waals surface area contributed by atoms with Crippen molar-refractivity contribution in [2.45, 2.75) is 51.2 Å². The van der Waals surface area contributed by atoms with Gasteiger partial charge in [0.05, 0.1) is 12.4 Å². The van der Waals surface area contributed by atoms with E-state index in [0.717, 1.165) is 0 Å². The van der Waals surface area contributed by atoms with Crippen LogP contribution in [-0.2, 0) is 20.8 Å². The van der Waals surface area contributed by atoms with Crippen LogP contribution < -0.4 is 27.8 Å². The Labute approximate surface area is 168 Å². The fourth-order valence-electron chi connectivity index (χ4n) is 2.43. The lowest BCUT2D eigenvalue weighted by atomic mass is 10.0. The first-order valence-electron chi connectivity index (χ1n) is 9.23. The van der Waals surface area contributed by atoms with Crippen molar-refractivity contribution < 1.29 is 19.5 Å². The molecule has 2 amide bonds. The Hall–Kier alpha value is -3.15. The third kappa shape index (κ3) is 8.60. The second-order valence-electron chi connectivity index (χ2n) is 6.96. The number of nitrogens with zero attached hydrogens (tertiary/aromatic N) is 2. The van der Waals surface area contributed by atoms with Gasteiger partial charge >= 0.3 is 5.97 Å². The zero-order chi connectivity index (χ0) is 22.0. The van der Waals surface area contributed by atoms with Crippen LogP contribution in [0.2, 0.25) is 0 Å². The lowest BCUT2D eigenvalue weighted by Gasteiger charge is -2.23. The van der Waals surface area contributed by atoms with Crippen LogP contribution in [0.15, 0.2) is 17.5 Å². The molecule has 0 saturated heterocycles. The number of rotatable bonds is 12. The predicted molar refractivity (Wildman–Crippen MR) is 107 cm³/mol. The van der Waals surface area contributed by atoms with Crippen molar-refractivity contribution >= 4 is 23.7 Å². The number of aromatic amines is 1. The van der Waals surface area contributed by atoms with E-state index in [0.29, 0.717) is 12.1 Å². The van der Waals surface area contributed by atoms with Gasteiger partial charge in [0.15, 0.2) is 5.96 Å². The highest BCUT2D eigenvalue weighted by Crippen LogP contribution is 2.05. The van der Waals surface area contributed by atoms with Crippen LogP contribution in [0.4, 0.5) is 0 Å². The van der Waals surface area contributed by atoms with Gasteiger partial charge in [-0.2, -0.15) is 0 Å². The first-order chi connectivity index (χ1) is 13.6. The van der Waals surface area contributed by atoms with Crippen molar-refractivity contribution in [3.63, 3.8) is 0 Å². The van der Waals surface area contributed by atoms with Crippen LogP contribution in [0.25, 0.3) is 0 Å². The van der Waals surface area contributed by atoms with Crippen LogP contribution >= 0.6 is 0 Å². The monoisotopic (exact) mass is 410 g/mol. The summed E-state index contributed by atoms with van der Waals surface area (Å²) in [5.74, 6) is -2.55. The van der Waals surface area contributed by atoms with E-state index >= 15 is 0 Å². The van der Waals surface area contributed by atoms with Gasteiger partial charge in [-0.15, -0.1) is 0 Å². The summed E-state index contributed by atoms with van der Waals surface area (Å²) in [7, 11) is 0. The summed E-state index contributed by atoms with van der Waals surface area (Å²) in [6, 6.07) is -2.98. The number of amides is 2. The van der Waals surface area contributed by atoms with Gasteiger partial charge in [0.25, 0.3) is 0 Å². The van der Waals surface area contributed by atoms with E-state index in [1.54, 1.807) is 13.8 Å². The number of imidazole rings is 1. The van der Waals surface area contributed by atoms with Crippen LogP contribution in [-0.4, -0.2) is 63.5 Å². The smallest absolute Gasteiger partial charge is 0.326 e.